The maximum absolute atomic E-state index is 11.9. The molecule has 0 aliphatic heterocycles. The molecule has 16 heavy (non-hydrogen) atoms. The van der Waals surface area contributed by atoms with Crippen LogP contribution >= 0.6 is 0 Å². The van der Waals surface area contributed by atoms with E-state index in [1.54, 1.807) is 19.9 Å². The Bertz CT molecular complexity index is 629. The summed E-state index contributed by atoms with van der Waals surface area (Å²) in [6, 6.07) is 3.59. The van der Waals surface area contributed by atoms with Crippen LogP contribution in [0.1, 0.15) is 19.5 Å². The van der Waals surface area contributed by atoms with Crippen molar-refractivity contribution in [1.82, 2.24) is 15.0 Å². The molecule has 2 aromatic rings. The van der Waals surface area contributed by atoms with Gasteiger partial charge in [0.05, 0.1) is 10.8 Å². The Morgan fingerprint density at radius 2 is 1.94 bits per heavy atom. The van der Waals surface area contributed by atoms with E-state index >= 15 is 0 Å². The first-order valence-electron chi connectivity index (χ1n) is 4.98. The van der Waals surface area contributed by atoms with Gasteiger partial charge in [0.25, 0.3) is 0 Å². The summed E-state index contributed by atoms with van der Waals surface area (Å²) in [4.78, 5) is 11.0. The van der Waals surface area contributed by atoms with Crippen LogP contribution in [0.15, 0.2) is 17.3 Å². The number of hydrogen-bond acceptors (Lipinski definition) is 4. The highest BCUT2D eigenvalue weighted by atomic mass is 32.2. The highest BCUT2D eigenvalue weighted by Crippen LogP contribution is 2.16. The second-order valence-corrected chi connectivity index (χ2v) is 6.38. The van der Waals surface area contributed by atoms with Gasteiger partial charge in [0, 0.05) is 5.69 Å². The molecule has 2 aromatic heterocycles. The fourth-order valence-electron chi connectivity index (χ4n) is 1.32. The molecule has 0 aliphatic rings. The third-order valence-corrected chi connectivity index (χ3v) is 4.33. The van der Waals surface area contributed by atoms with Crippen LogP contribution in [-0.4, -0.2) is 28.6 Å². The number of pyridine rings is 1. The molecule has 0 amide bonds. The van der Waals surface area contributed by atoms with E-state index in [-0.39, 0.29) is 5.16 Å². The van der Waals surface area contributed by atoms with Crippen LogP contribution < -0.4 is 0 Å². The average molecular weight is 239 g/mol. The van der Waals surface area contributed by atoms with Gasteiger partial charge in [-0.15, -0.1) is 0 Å². The van der Waals surface area contributed by atoms with Crippen molar-refractivity contribution in [2.75, 3.05) is 0 Å². The van der Waals surface area contributed by atoms with E-state index in [9.17, 15) is 8.42 Å². The fraction of sp³-hybridized carbons (Fsp3) is 0.400. The summed E-state index contributed by atoms with van der Waals surface area (Å²) in [5.74, 6) is 0. The van der Waals surface area contributed by atoms with E-state index < -0.39 is 15.1 Å². The number of aromatic nitrogens is 3. The topological polar surface area (TPSA) is 75.7 Å². The molecule has 2 heterocycles. The van der Waals surface area contributed by atoms with Gasteiger partial charge in [-0.25, -0.2) is 13.4 Å². The zero-order valence-electron chi connectivity index (χ0n) is 9.35. The molecule has 6 heteroatoms. The lowest BCUT2D eigenvalue weighted by Crippen LogP contribution is -2.15. The highest BCUT2D eigenvalue weighted by molar-refractivity contribution is 7.91. The molecule has 0 saturated heterocycles. The summed E-state index contributed by atoms with van der Waals surface area (Å²) in [5, 5.41) is -0.496. The first-order valence-corrected chi connectivity index (χ1v) is 6.53. The molecular weight excluding hydrogens is 226 g/mol. The molecule has 5 nitrogen and oxygen atoms in total. The molecule has 0 unspecified atom stereocenters. The van der Waals surface area contributed by atoms with Crippen molar-refractivity contribution in [1.29, 1.82) is 0 Å². The van der Waals surface area contributed by atoms with Gasteiger partial charge in [0.2, 0.25) is 15.0 Å². The molecule has 0 bridgehead atoms. The summed E-state index contributed by atoms with van der Waals surface area (Å²) in [7, 11) is -3.36. The van der Waals surface area contributed by atoms with E-state index in [0.717, 1.165) is 5.69 Å². The normalized spacial score (nSPS) is 12.5. The van der Waals surface area contributed by atoms with E-state index in [2.05, 4.69) is 15.0 Å². The van der Waals surface area contributed by atoms with Gasteiger partial charge in [-0.05, 0) is 32.9 Å². The smallest absolute Gasteiger partial charge is 0.227 e. The number of rotatable bonds is 2. The van der Waals surface area contributed by atoms with Crippen molar-refractivity contribution in [2.24, 2.45) is 0 Å². The minimum atomic E-state index is -3.36. The van der Waals surface area contributed by atoms with E-state index in [0.29, 0.717) is 11.2 Å². The Kier molecular flexibility index (Phi) is 2.46. The molecule has 0 atom stereocenters. The van der Waals surface area contributed by atoms with Gasteiger partial charge >= 0.3 is 0 Å². The van der Waals surface area contributed by atoms with Crippen LogP contribution in [-0.2, 0) is 9.84 Å². The van der Waals surface area contributed by atoms with Crippen molar-refractivity contribution in [3.63, 3.8) is 0 Å². The highest BCUT2D eigenvalue weighted by Gasteiger charge is 2.23. The van der Waals surface area contributed by atoms with Gasteiger partial charge < -0.3 is 4.98 Å². The standard InChI is InChI=1S/C10H13N3O2S/c1-6(2)16(14,15)10-12-8-5-4-7(3)11-9(8)13-10/h4-6H,1-3H3,(H,11,12,13). The van der Waals surface area contributed by atoms with Crippen LogP contribution in [0.3, 0.4) is 0 Å². The van der Waals surface area contributed by atoms with Crippen molar-refractivity contribution < 1.29 is 8.42 Å². The van der Waals surface area contributed by atoms with E-state index in [1.165, 1.54) is 0 Å². The SMILES string of the molecule is Cc1ccc2[nH]c(S(=O)(=O)C(C)C)nc2n1. The summed E-state index contributed by atoms with van der Waals surface area (Å²) >= 11 is 0. The second kappa shape index (κ2) is 3.55. The fourth-order valence-corrected chi connectivity index (χ4v) is 2.24. The third kappa shape index (κ3) is 1.69. The lowest BCUT2D eigenvalue weighted by atomic mass is 10.4. The minimum absolute atomic E-state index is 0.00407. The Hall–Kier alpha value is -1.43. The van der Waals surface area contributed by atoms with Gasteiger partial charge in [0.15, 0.2) is 5.65 Å². The number of hydrogen-bond donors (Lipinski definition) is 1. The predicted octanol–water partition coefficient (Wildman–Crippen LogP) is 1.45. The van der Waals surface area contributed by atoms with Gasteiger partial charge in [-0.2, -0.15) is 4.98 Å². The largest absolute Gasteiger partial charge is 0.327 e. The summed E-state index contributed by atoms with van der Waals surface area (Å²) in [6.45, 7) is 5.09. The Labute approximate surface area is 93.8 Å². The molecule has 2 rings (SSSR count). The monoisotopic (exact) mass is 239 g/mol. The summed E-state index contributed by atoms with van der Waals surface area (Å²) < 4.78 is 23.7. The van der Waals surface area contributed by atoms with Crippen LogP contribution in [0.5, 0.6) is 0 Å². The molecule has 0 spiro atoms. The Morgan fingerprint density at radius 1 is 1.25 bits per heavy atom. The first-order chi connectivity index (χ1) is 7.41. The third-order valence-electron chi connectivity index (χ3n) is 2.35. The van der Waals surface area contributed by atoms with Gasteiger partial charge in [0.1, 0.15) is 0 Å². The quantitative estimate of drug-likeness (QED) is 0.860. The average Bonchev–Trinajstić information content (AvgIpc) is 2.60. The molecule has 0 aliphatic carbocycles. The van der Waals surface area contributed by atoms with Crippen LogP contribution in [0, 0.1) is 6.92 Å². The molecule has 0 fully saturated rings. The number of sulfone groups is 1. The van der Waals surface area contributed by atoms with Crippen LogP contribution in [0.25, 0.3) is 11.2 Å². The number of aromatic amines is 1. The van der Waals surface area contributed by atoms with Gasteiger partial charge in [-0.1, -0.05) is 0 Å². The van der Waals surface area contributed by atoms with E-state index in [4.69, 9.17) is 0 Å². The van der Waals surface area contributed by atoms with Crippen LogP contribution in [0.2, 0.25) is 0 Å². The summed E-state index contributed by atoms with van der Waals surface area (Å²) in [5.41, 5.74) is 1.90. The maximum Gasteiger partial charge on any atom is 0.227 e. The number of H-pyrrole nitrogens is 1. The predicted molar refractivity (Wildman–Crippen MR) is 60.9 cm³/mol. The second-order valence-electron chi connectivity index (χ2n) is 3.96. The molecule has 0 saturated carbocycles. The van der Waals surface area contributed by atoms with E-state index in [1.807, 2.05) is 13.0 Å². The molecule has 86 valence electrons. The number of fused-ring (bicyclic) bond motifs is 1. The molecule has 0 radical (unpaired) electrons. The minimum Gasteiger partial charge on any atom is -0.327 e. The molecule has 0 aromatic carbocycles. The van der Waals surface area contributed by atoms with Gasteiger partial charge in [-0.3, -0.25) is 0 Å². The van der Waals surface area contributed by atoms with Crippen molar-refractivity contribution in [3.8, 4) is 0 Å². The van der Waals surface area contributed by atoms with Crippen molar-refractivity contribution >= 4 is 21.0 Å². The van der Waals surface area contributed by atoms with Crippen LogP contribution in [0.4, 0.5) is 0 Å². The molecule has 1 N–H and O–H groups in total. The first kappa shape index (κ1) is 11.1. The number of nitrogens with one attached hydrogen (secondary N) is 1. The lowest BCUT2D eigenvalue weighted by Gasteiger charge is -2.02. The van der Waals surface area contributed by atoms with Crippen molar-refractivity contribution in [2.45, 2.75) is 31.2 Å². The maximum atomic E-state index is 11.9. The summed E-state index contributed by atoms with van der Waals surface area (Å²) in [6.07, 6.45) is 0. The van der Waals surface area contributed by atoms with Crippen molar-refractivity contribution in [3.05, 3.63) is 17.8 Å². The Balaban J connectivity index is 2.65. The molecular formula is C10H13N3O2S. The zero-order chi connectivity index (χ0) is 11.9. The number of imidazole rings is 1. The lowest BCUT2D eigenvalue weighted by molar-refractivity contribution is 0.580. The number of nitrogens with zero attached hydrogens (tertiary/aromatic N) is 2. The number of aryl methyl sites for hydroxylation is 1. The zero-order valence-corrected chi connectivity index (χ0v) is 10.2. The Morgan fingerprint density at radius 3 is 2.56 bits per heavy atom.